The van der Waals surface area contributed by atoms with Crippen LogP contribution in [0, 0.1) is 12.7 Å². The minimum absolute atomic E-state index is 0.237. The fourth-order valence-electron chi connectivity index (χ4n) is 2.90. The zero-order valence-electron chi connectivity index (χ0n) is 16.0. The first-order valence-electron chi connectivity index (χ1n) is 9.27. The van der Waals surface area contributed by atoms with Gasteiger partial charge in [-0.2, -0.15) is 0 Å². The van der Waals surface area contributed by atoms with E-state index in [1.54, 1.807) is 12.1 Å². The average Bonchev–Trinajstić information content (AvgIpc) is 2.71. The molecular weight excluding hydrogens is 355 g/mol. The van der Waals surface area contributed by atoms with Gasteiger partial charge in [0.25, 0.3) is 5.91 Å². The van der Waals surface area contributed by atoms with Crippen molar-refractivity contribution in [1.82, 2.24) is 15.3 Å². The summed E-state index contributed by atoms with van der Waals surface area (Å²) in [6.07, 6.45) is 4.54. The molecule has 6 heteroatoms. The Bertz CT molecular complexity index is 940. The second kappa shape index (κ2) is 9.08. The lowest BCUT2D eigenvalue weighted by molar-refractivity contribution is 0.0953. The molecule has 0 saturated heterocycles. The third-order valence-electron chi connectivity index (χ3n) is 4.50. The van der Waals surface area contributed by atoms with Gasteiger partial charge in [-0.3, -0.25) is 4.79 Å². The van der Waals surface area contributed by atoms with Crippen molar-refractivity contribution >= 4 is 17.5 Å². The third kappa shape index (κ3) is 4.91. The van der Waals surface area contributed by atoms with E-state index < -0.39 is 0 Å². The van der Waals surface area contributed by atoms with Crippen LogP contribution in [0.1, 0.15) is 34.0 Å². The molecule has 1 heterocycles. The summed E-state index contributed by atoms with van der Waals surface area (Å²) in [6.45, 7) is 4.58. The van der Waals surface area contributed by atoms with E-state index in [-0.39, 0.29) is 11.7 Å². The van der Waals surface area contributed by atoms with Gasteiger partial charge in [0, 0.05) is 24.6 Å². The van der Waals surface area contributed by atoms with Gasteiger partial charge < -0.3 is 10.6 Å². The molecule has 2 N–H and O–H groups in total. The highest BCUT2D eigenvalue weighted by Gasteiger charge is 2.09. The lowest BCUT2D eigenvalue weighted by Crippen LogP contribution is -2.26. The zero-order chi connectivity index (χ0) is 19.9. The number of benzene rings is 2. The first-order chi connectivity index (χ1) is 13.6. The van der Waals surface area contributed by atoms with E-state index in [1.165, 1.54) is 30.1 Å². The van der Waals surface area contributed by atoms with Crippen molar-refractivity contribution in [2.45, 2.75) is 26.7 Å². The number of halogens is 1. The number of anilines is 2. The molecule has 0 radical (unpaired) electrons. The van der Waals surface area contributed by atoms with E-state index in [1.807, 2.05) is 19.1 Å². The van der Waals surface area contributed by atoms with Crippen LogP contribution in [0.5, 0.6) is 0 Å². The molecule has 144 valence electrons. The molecule has 0 bridgehead atoms. The van der Waals surface area contributed by atoms with Crippen LogP contribution in [0.25, 0.3) is 0 Å². The van der Waals surface area contributed by atoms with Crippen LogP contribution >= 0.6 is 0 Å². The molecule has 0 spiro atoms. The van der Waals surface area contributed by atoms with Crippen LogP contribution in [0.2, 0.25) is 0 Å². The Labute approximate surface area is 164 Å². The van der Waals surface area contributed by atoms with Gasteiger partial charge >= 0.3 is 0 Å². The van der Waals surface area contributed by atoms with Gasteiger partial charge in [-0.05, 0) is 48.6 Å². The number of nitrogens with one attached hydrogen (secondary N) is 2. The average molecular weight is 378 g/mol. The van der Waals surface area contributed by atoms with E-state index in [2.05, 4.69) is 33.6 Å². The van der Waals surface area contributed by atoms with E-state index in [0.717, 1.165) is 23.2 Å². The highest BCUT2D eigenvalue weighted by molar-refractivity contribution is 5.93. The van der Waals surface area contributed by atoms with Crippen molar-refractivity contribution in [3.63, 3.8) is 0 Å². The smallest absolute Gasteiger partial charge is 0.254 e. The van der Waals surface area contributed by atoms with Gasteiger partial charge in [-0.1, -0.05) is 37.3 Å². The number of hydrogen-bond donors (Lipinski definition) is 2. The van der Waals surface area contributed by atoms with Gasteiger partial charge in [0.15, 0.2) is 0 Å². The first-order valence-corrected chi connectivity index (χ1v) is 9.27. The molecule has 0 aliphatic carbocycles. The molecule has 5 nitrogen and oxygen atoms in total. The van der Waals surface area contributed by atoms with E-state index in [9.17, 15) is 9.18 Å². The summed E-state index contributed by atoms with van der Waals surface area (Å²) in [5, 5.41) is 6.07. The topological polar surface area (TPSA) is 66.9 Å². The zero-order valence-corrected chi connectivity index (χ0v) is 16.0. The van der Waals surface area contributed by atoms with Crippen molar-refractivity contribution in [2.75, 3.05) is 11.9 Å². The number of nitrogens with zero attached hydrogens (tertiary/aromatic N) is 2. The van der Waals surface area contributed by atoms with E-state index >= 15 is 0 Å². The van der Waals surface area contributed by atoms with Crippen LogP contribution in [-0.2, 0) is 12.8 Å². The highest BCUT2D eigenvalue weighted by atomic mass is 19.1. The molecule has 0 unspecified atom stereocenters. The van der Waals surface area contributed by atoms with Crippen LogP contribution in [0.3, 0.4) is 0 Å². The maximum atomic E-state index is 12.9. The molecule has 28 heavy (non-hydrogen) atoms. The number of aryl methyl sites for hydroxylation is 2. The lowest BCUT2D eigenvalue weighted by atomic mass is 10.1. The molecular formula is C22H23FN4O. The van der Waals surface area contributed by atoms with Crippen molar-refractivity contribution in [3.05, 3.63) is 82.9 Å². The molecule has 2 aromatic carbocycles. The quantitative estimate of drug-likeness (QED) is 0.647. The Hall–Kier alpha value is -3.28. The molecule has 3 aromatic rings. The minimum atomic E-state index is -0.268. The summed E-state index contributed by atoms with van der Waals surface area (Å²) in [7, 11) is 0. The van der Waals surface area contributed by atoms with Gasteiger partial charge in [0.05, 0.1) is 5.56 Å². The maximum absolute atomic E-state index is 12.9. The molecule has 1 amide bonds. The highest BCUT2D eigenvalue weighted by Crippen LogP contribution is 2.23. The number of rotatable bonds is 7. The predicted octanol–water partition coefficient (Wildman–Crippen LogP) is 4.20. The molecule has 0 saturated carbocycles. The Morgan fingerprint density at radius 2 is 1.79 bits per heavy atom. The second-order valence-electron chi connectivity index (χ2n) is 6.52. The Balaban J connectivity index is 1.58. The number of hydrogen-bond acceptors (Lipinski definition) is 4. The normalized spacial score (nSPS) is 10.5. The summed E-state index contributed by atoms with van der Waals surface area (Å²) in [4.78, 5) is 20.8. The third-order valence-corrected chi connectivity index (χ3v) is 4.50. The summed E-state index contributed by atoms with van der Waals surface area (Å²) < 4.78 is 12.9. The van der Waals surface area contributed by atoms with Gasteiger partial charge in [-0.25, -0.2) is 14.4 Å². The second-order valence-corrected chi connectivity index (χ2v) is 6.52. The number of aromatic nitrogens is 2. The molecule has 0 atom stereocenters. The van der Waals surface area contributed by atoms with Crippen molar-refractivity contribution < 1.29 is 9.18 Å². The van der Waals surface area contributed by atoms with Gasteiger partial charge in [0.1, 0.15) is 5.82 Å². The number of para-hydroxylation sites is 1. The SMILES string of the molecule is CCc1cccc(C)c1Nc1ncc(C(=O)NCCc2ccc(F)cc2)cn1. The van der Waals surface area contributed by atoms with Crippen LogP contribution in [0.4, 0.5) is 16.0 Å². The Kier molecular flexibility index (Phi) is 6.32. The summed E-state index contributed by atoms with van der Waals surface area (Å²) in [5.41, 5.74) is 4.66. The molecule has 0 aliphatic rings. The van der Waals surface area contributed by atoms with Crippen LogP contribution in [0.15, 0.2) is 54.9 Å². The van der Waals surface area contributed by atoms with E-state index in [0.29, 0.717) is 24.5 Å². The van der Waals surface area contributed by atoms with Gasteiger partial charge in [-0.15, -0.1) is 0 Å². The molecule has 3 rings (SSSR count). The monoisotopic (exact) mass is 378 g/mol. The summed E-state index contributed by atoms with van der Waals surface area (Å²) in [6, 6.07) is 12.4. The minimum Gasteiger partial charge on any atom is -0.352 e. The summed E-state index contributed by atoms with van der Waals surface area (Å²) in [5.74, 6) is -0.0546. The van der Waals surface area contributed by atoms with E-state index in [4.69, 9.17) is 0 Å². The molecule has 0 fully saturated rings. The number of carbonyl (C=O) groups excluding carboxylic acids is 1. The largest absolute Gasteiger partial charge is 0.352 e. The standard InChI is InChI=1S/C22H23FN4O/c1-3-17-6-4-5-15(2)20(17)27-22-25-13-18(14-26-22)21(28)24-12-11-16-7-9-19(23)10-8-16/h4-10,13-14H,3,11-12H2,1-2H3,(H,24,28)(H,25,26,27). The Morgan fingerprint density at radius 3 is 2.46 bits per heavy atom. The fourth-order valence-corrected chi connectivity index (χ4v) is 2.90. The number of carbonyl (C=O) groups is 1. The fraction of sp³-hybridized carbons (Fsp3) is 0.227. The predicted molar refractivity (Wildman–Crippen MR) is 108 cm³/mol. The summed E-state index contributed by atoms with van der Waals surface area (Å²) >= 11 is 0. The van der Waals surface area contributed by atoms with Crippen LogP contribution in [-0.4, -0.2) is 22.4 Å². The van der Waals surface area contributed by atoms with Crippen molar-refractivity contribution in [2.24, 2.45) is 0 Å². The molecule has 0 aliphatic heterocycles. The maximum Gasteiger partial charge on any atom is 0.254 e. The molecule has 1 aromatic heterocycles. The van der Waals surface area contributed by atoms with Gasteiger partial charge in [0.2, 0.25) is 5.95 Å². The first kappa shape index (κ1) is 19.5. The van der Waals surface area contributed by atoms with Crippen LogP contribution < -0.4 is 10.6 Å². The lowest BCUT2D eigenvalue weighted by Gasteiger charge is -2.13. The number of amides is 1. The Morgan fingerprint density at radius 1 is 1.07 bits per heavy atom. The van der Waals surface area contributed by atoms with Crippen molar-refractivity contribution in [1.29, 1.82) is 0 Å². The van der Waals surface area contributed by atoms with Crippen molar-refractivity contribution in [3.8, 4) is 0 Å².